The fraction of sp³-hybridized carbons (Fsp3) is 1.00. The van der Waals surface area contributed by atoms with E-state index in [1.807, 2.05) is 0 Å². The first kappa shape index (κ1) is 15.0. The van der Waals surface area contributed by atoms with Gasteiger partial charge in [-0.25, -0.2) is 0 Å². The molecule has 0 rings (SSSR count). The quantitative estimate of drug-likeness (QED) is 0.604. The molecule has 3 unspecified atom stereocenters. The summed E-state index contributed by atoms with van der Waals surface area (Å²) in [6, 6.07) is 0.689. The first-order valence-corrected chi connectivity index (χ1v) is 6.88. The molecule has 0 aliphatic carbocycles. The molecular weight excluding hydrogens is 182 g/mol. The van der Waals surface area contributed by atoms with Gasteiger partial charge in [0, 0.05) is 6.04 Å². The molecule has 0 aromatic heterocycles. The second kappa shape index (κ2) is 9.21. The van der Waals surface area contributed by atoms with Gasteiger partial charge in [-0.1, -0.05) is 47.0 Å². The summed E-state index contributed by atoms with van der Waals surface area (Å²) in [7, 11) is 0. The average molecular weight is 213 g/mol. The minimum Gasteiger partial charge on any atom is -0.314 e. The third-order valence-electron chi connectivity index (χ3n) is 3.43. The van der Waals surface area contributed by atoms with E-state index in [0.29, 0.717) is 6.04 Å². The van der Waals surface area contributed by atoms with Crippen LogP contribution in [0.3, 0.4) is 0 Å². The second-order valence-corrected chi connectivity index (χ2v) is 5.04. The highest BCUT2D eigenvalue weighted by Crippen LogP contribution is 2.22. The summed E-state index contributed by atoms with van der Waals surface area (Å²) in [5.41, 5.74) is 0. The van der Waals surface area contributed by atoms with Crippen molar-refractivity contribution in [2.24, 2.45) is 11.8 Å². The Labute approximate surface area is 97.0 Å². The minimum atomic E-state index is 0.689. The molecule has 0 aromatic rings. The molecule has 0 spiro atoms. The average Bonchev–Trinajstić information content (AvgIpc) is 2.22. The van der Waals surface area contributed by atoms with Crippen LogP contribution in [-0.4, -0.2) is 12.6 Å². The Balaban J connectivity index is 3.88. The molecular formula is C14H31N. The van der Waals surface area contributed by atoms with Crippen molar-refractivity contribution in [2.75, 3.05) is 6.54 Å². The molecule has 1 heteroatoms. The fourth-order valence-corrected chi connectivity index (χ4v) is 2.39. The lowest BCUT2D eigenvalue weighted by atomic mass is 9.86. The summed E-state index contributed by atoms with van der Waals surface area (Å²) in [5, 5.41) is 3.63. The summed E-state index contributed by atoms with van der Waals surface area (Å²) < 4.78 is 0. The Hall–Kier alpha value is -0.0400. The Kier molecular flexibility index (Phi) is 9.18. The third kappa shape index (κ3) is 6.94. The molecule has 1 N–H and O–H groups in total. The highest BCUT2D eigenvalue weighted by atomic mass is 14.9. The Morgan fingerprint density at radius 2 is 1.67 bits per heavy atom. The van der Waals surface area contributed by atoms with Gasteiger partial charge in [-0.3, -0.25) is 0 Å². The zero-order valence-electron chi connectivity index (χ0n) is 11.5. The summed E-state index contributed by atoms with van der Waals surface area (Å²) in [6.07, 6.45) is 6.66. The molecule has 0 radical (unpaired) electrons. The van der Waals surface area contributed by atoms with E-state index in [0.717, 1.165) is 11.8 Å². The molecule has 92 valence electrons. The van der Waals surface area contributed by atoms with Gasteiger partial charge in [-0.05, 0) is 38.1 Å². The van der Waals surface area contributed by atoms with E-state index in [4.69, 9.17) is 0 Å². The van der Waals surface area contributed by atoms with Gasteiger partial charge in [-0.15, -0.1) is 0 Å². The molecule has 0 aliphatic heterocycles. The highest BCUT2D eigenvalue weighted by Gasteiger charge is 2.17. The SMILES string of the molecule is CCCNC(C)C(CC)CC(C)CCC. The van der Waals surface area contributed by atoms with Crippen LogP contribution >= 0.6 is 0 Å². The van der Waals surface area contributed by atoms with E-state index in [1.165, 1.54) is 38.6 Å². The van der Waals surface area contributed by atoms with Crippen molar-refractivity contribution >= 4 is 0 Å². The molecule has 15 heavy (non-hydrogen) atoms. The summed E-state index contributed by atoms with van der Waals surface area (Å²) in [6.45, 7) is 12.8. The van der Waals surface area contributed by atoms with Crippen LogP contribution in [0.1, 0.15) is 66.7 Å². The van der Waals surface area contributed by atoms with Crippen molar-refractivity contribution in [3.8, 4) is 0 Å². The van der Waals surface area contributed by atoms with Crippen LogP contribution in [0.2, 0.25) is 0 Å². The number of hydrogen-bond acceptors (Lipinski definition) is 1. The van der Waals surface area contributed by atoms with Crippen LogP contribution < -0.4 is 5.32 Å². The maximum absolute atomic E-state index is 3.63. The van der Waals surface area contributed by atoms with E-state index < -0.39 is 0 Å². The second-order valence-electron chi connectivity index (χ2n) is 5.04. The van der Waals surface area contributed by atoms with Crippen molar-refractivity contribution < 1.29 is 0 Å². The molecule has 0 aromatic carbocycles. The zero-order chi connectivity index (χ0) is 11.7. The molecule has 3 atom stereocenters. The highest BCUT2D eigenvalue weighted by molar-refractivity contribution is 4.73. The summed E-state index contributed by atoms with van der Waals surface area (Å²) in [4.78, 5) is 0. The standard InChI is InChI=1S/C14H31N/c1-6-9-12(4)11-14(8-3)13(5)15-10-7-2/h12-15H,6-11H2,1-5H3. The number of rotatable bonds is 9. The van der Waals surface area contributed by atoms with Gasteiger partial charge in [0.05, 0.1) is 0 Å². The van der Waals surface area contributed by atoms with Crippen LogP contribution in [0.25, 0.3) is 0 Å². The van der Waals surface area contributed by atoms with Gasteiger partial charge in [0.15, 0.2) is 0 Å². The topological polar surface area (TPSA) is 12.0 Å². The first-order valence-electron chi connectivity index (χ1n) is 6.88. The summed E-state index contributed by atoms with van der Waals surface area (Å²) >= 11 is 0. The summed E-state index contributed by atoms with van der Waals surface area (Å²) in [5.74, 6) is 1.75. The molecule has 0 saturated carbocycles. The van der Waals surface area contributed by atoms with Crippen molar-refractivity contribution in [3.05, 3.63) is 0 Å². The Morgan fingerprint density at radius 3 is 2.13 bits per heavy atom. The lowest BCUT2D eigenvalue weighted by molar-refractivity contribution is 0.291. The van der Waals surface area contributed by atoms with Gasteiger partial charge < -0.3 is 5.32 Å². The van der Waals surface area contributed by atoms with Crippen molar-refractivity contribution in [1.82, 2.24) is 5.32 Å². The van der Waals surface area contributed by atoms with E-state index in [2.05, 4.69) is 39.9 Å². The fourth-order valence-electron chi connectivity index (χ4n) is 2.39. The normalized spacial score (nSPS) is 17.4. The largest absolute Gasteiger partial charge is 0.314 e. The van der Waals surface area contributed by atoms with Crippen molar-refractivity contribution in [2.45, 2.75) is 72.8 Å². The molecule has 0 heterocycles. The smallest absolute Gasteiger partial charge is 0.00669 e. The molecule has 0 bridgehead atoms. The van der Waals surface area contributed by atoms with Gasteiger partial charge in [0.25, 0.3) is 0 Å². The van der Waals surface area contributed by atoms with Crippen LogP contribution in [0.4, 0.5) is 0 Å². The van der Waals surface area contributed by atoms with Crippen LogP contribution in [-0.2, 0) is 0 Å². The van der Waals surface area contributed by atoms with E-state index >= 15 is 0 Å². The maximum Gasteiger partial charge on any atom is 0.00669 e. The van der Waals surface area contributed by atoms with E-state index in [1.54, 1.807) is 0 Å². The maximum atomic E-state index is 3.63. The van der Waals surface area contributed by atoms with Crippen LogP contribution in [0.15, 0.2) is 0 Å². The lowest BCUT2D eigenvalue weighted by Crippen LogP contribution is -2.34. The molecule has 0 saturated heterocycles. The predicted octanol–water partition coefficient (Wildman–Crippen LogP) is 4.23. The number of hydrogen-bond donors (Lipinski definition) is 1. The monoisotopic (exact) mass is 213 g/mol. The zero-order valence-corrected chi connectivity index (χ0v) is 11.5. The Morgan fingerprint density at radius 1 is 1.00 bits per heavy atom. The van der Waals surface area contributed by atoms with Gasteiger partial charge in [0.1, 0.15) is 0 Å². The van der Waals surface area contributed by atoms with Gasteiger partial charge in [-0.2, -0.15) is 0 Å². The Bertz CT molecular complexity index is 133. The molecule has 0 fully saturated rings. The van der Waals surface area contributed by atoms with Gasteiger partial charge in [0.2, 0.25) is 0 Å². The number of nitrogens with one attached hydrogen (secondary N) is 1. The minimum absolute atomic E-state index is 0.689. The lowest BCUT2D eigenvalue weighted by Gasteiger charge is -2.26. The van der Waals surface area contributed by atoms with Crippen LogP contribution in [0.5, 0.6) is 0 Å². The van der Waals surface area contributed by atoms with E-state index in [9.17, 15) is 0 Å². The third-order valence-corrected chi connectivity index (χ3v) is 3.43. The first-order chi connectivity index (χ1) is 7.15. The predicted molar refractivity (Wildman–Crippen MR) is 70.2 cm³/mol. The van der Waals surface area contributed by atoms with Crippen molar-refractivity contribution in [3.63, 3.8) is 0 Å². The van der Waals surface area contributed by atoms with Crippen LogP contribution in [0, 0.1) is 11.8 Å². The van der Waals surface area contributed by atoms with E-state index in [-0.39, 0.29) is 0 Å². The molecule has 0 aliphatic rings. The molecule has 0 amide bonds. The van der Waals surface area contributed by atoms with Crippen molar-refractivity contribution in [1.29, 1.82) is 0 Å². The van der Waals surface area contributed by atoms with Gasteiger partial charge >= 0.3 is 0 Å². The molecule has 1 nitrogen and oxygen atoms in total.